The average molecular weight is 307 g/mol. The van der Waals surface area contributed by atoms with E-state index in [0.29, 0.717) is 36.9 Å². The molecule has 2 heterocycles. The van der Waals surface area contributed by atoms with Crippen LogP contribution in [0.25, 0.3) is 0 Å². The molecular weight excluding hydrogens is 290 g/mol. The molecular formula is C15H17NO4S. The first-order valence-electron chi connectivity index (χ1n) is 7.16. The molecule has 0 radical (unpaired) electrons. The number of anilines is 1. The lowest BCUT2D eigenvalue weighted by Gasteiger charge is -2.22. The van der Waals surface area contributed by atoms with Crippen molar-refractivity contribution < 1.29 is 18.0 Å². The number of fused-ring (bicyclic) bond motifs is 1. The van der Waals surface area contributed by atoms with E-state index >= 15 is 0 Å². The van der Waals surface area contributed by atoms with Gasteiger partial charge in [0.15, 0.2) is 15.6 Å². The first kappa shape index (κ1) is 14.3. The zero-order valence-electron chi connectivity index (χ0n) is 11.6. The maximum Gasteiger partial charge on any atom is 0.224 e. The monoisotopic (exact) mass is 307 g/mol. The van der Waals surface area contributed by atoms with Gasteiger partial charge in [-0.1, -0.05) is 6.42 Å². The molecule has 0 saturated carbocycles. The predicted octanol–water partition coefficient (Wildman–Crippen LogP) is 1.72. The summed E-state index contributed by atoms with van der Waals surface area (Å²) in [5, 5.41) is 1.85. The zero-order chi connectivity index (χ0) is 15.0. The van der Waals surface area contributed by atoms with Gasteiger partial charge < -0.3 is 5.32 Å². The van der Waals surface area contributed by atoms with Gasteiger partial charge in [-0.05, 0) is 43.0 Å². The number of amides is 1. The number of ketones is 1. The fourth-order valence-electron chi connectivity index (χ4n) is 2.97. The van der Waals surface area contributed by atoms with Gasteiger partial charge in [0.2, 0.25) is 5.91 Å². The first-order chi connectivity index (χ1) is 9.97. The fraction of sp³-hybridized carbons (Fsp3) is 0.467. The number of sulfone groups is 1. The number of rotatable bonds is 2. The Morgan fingerprint density at radius 2 is 2.00 bits per heavy atom. The minimum absolute atomic E-state index is 0.0311. The third-order valence-electron chi connectivity index (χ3n) is 4.16. The Kier molecular flexibility index (Phi) is 3.57. The van der Waals surface area contributed by atoms with E-state index in [-0.39, 0.29) is 17.4 Å². The van der Waals surface area contributed by atoms with Crippen LogP contribution in [0.5, 0.6) is 0 Å². The minimum atomic E-state index is -3.32. The van der Waals surface area contributed by atoms with Crippen LogP contribution in [-0.2, 0) is 21.1 Å². The Balaban J connectivity index is 1.90. The van der Waals surface area contributed by atoms with Gasteiger partial charge >= 0.3 is 0 Å². The second-order valence-corrected chi connectivity index (χ2v) is 7.94. The predicted molar refractivity (Wildman–Crippen MR) is 79.1 cm³/mol. The van der Waals surface area contributed by atoms with Crippen molar-refractivity contribution in [3.8, 4) is 0 Å². The lowest BCUT2D eigenvalue weighted by Crippen LogP contribution is -2.35. The van der Waals surface area contributed by atoms with Crippen molar-refractivity contribution in [3.05, 3.63) is 29.3 Å². The smallest absolute Gasteiger partial charge is 0.224 e. The zero-order valence-corrected chi connectivity index (χ0v) is 12.4. The molecule has 1 aromatic carbocycles. The fourth-order valence-corrected chi connectivity index (χ4v) is 4.85. The Morgan fingerprint density at radius 3 is 2.76 bits per heavy atom. The third kappa shape index (κ3) is 2.72. The molecule has 21 heavy (non-hydrogen) atoms. The molecule has 1 amide bonds. The summed E-state index contributed by atoms with van der Waals surface area (Å²) in [6.07, 6.45) is 2.81. The molecule has 0 spiro atoms. The van der Waals surface area contributed by atoms with E-state index in [2.05, 4.69) is 5.32 Å². The molecule has 1 unspecified atom stereocenters. The molecule has 5 nitrogen and oxygen atoms in total. The highest BCUT2D eigenvalue weighted by molar-refractivity contribution is 7.92. The molecule has 2 aliphatic rings. The maximum atomic E-state index is 12.5. The summed E-state index contributed by atoms with van der Waals surface area (Å²) >= 11 is 0. The summed E-state index contributed by atoms with van der Waals surface area (Å²) in [5.74, 6) is -0.240. The number of carbonyl (C=O) groups is 2. The van der Waals surface area contributed by atoms with E-state index in [1.807, 2.05) is 0 Å². The van der Waals surface area contributed by atoms with Crippen molar-refractivity contribution in [1.82, 2.24) is 0 Å². The Bertz CT molecular complexity index is 708. The number of Topliss-reactive ketones (excluding diaryl/α,β-unsaturated/α-hetero) is 1. The van der Waals surface area contributed by atoms with Gasteiger partial charge in [-0.3, -0.25) is 9.59 Å². The number of carbonyl (C=O) groups excluding carboxylic acids is 2. The number of nitrogens with one attached hydrogen (secondary N) is 1. The van der Waals surface area contributed by atoms with Crippen molar-refractivity contribution in [2.75, 3.05) is 11.1 Å². The first-order valence-corrected chi connectivity index (χ1v) is 8.87. The summed E-state index contributed by atoms with van der Waals surface area (Å²) in [6.45, 7) is 0. The molecule has 1 fully saturated rings. The van der Waals surface area contributed by atoms with Gasteiger partial charge in [0.05, 0.1) is 5.75 Å². The Morgan fingerprint density at radius 1 is 1.19 bits per heavy atom. The van der Waals surface area contributed by atoms with Gasteiger partial charge in [0, 0.05) is 17.7 Å². The summed E-state index contributed by atoms with van der Waals surface area (Å²) in [5.41, 5.74) is 2.04. The second-order valence-electron chi connectivity index (χ2n) is 5.64. The summed E-state index contributed by atoms with van der Waals surface area (Å²) in [7, 11) is -3.32. The van der Waals surface area contributed by atoms with E-state index in [0.717, 1.165) is 12.0 Å². The van der Waals surface area contributed by atoms with Crippen LogP contribution in [0.3, 0.4) is 0 Å². The van der Waals surface area contributed by atoms with E-state index < -0.39 is 15.1 Å². The molecule has 3 rings (SSSR count). The maximum absolute atomic E-state index is 12.5. The Labute approximate surface area is 123 Å². The van der Waals surface area contributed by atoms with Crippen LogP contribution in [0.2, 0.25) is 0 Å². The standard InChI is InChI=1S/C15H17NO4S/c17-14-7-5-10-9-11(4-6-12(10)16-14)15(18)13-3-1-2-8-21(13,19)20/h4,6,9,13H,1-3,5,7-8H2,(H,16,17). The average Bonchev–Trinajstić information content (AvgIpc) is 2.45. The van der Waals surface area contributed by atoms with E-state index in [1.54, 1.807) is 18.2 Å². The third-order valence-corrected chi connectivity index (χ3v) is 6.33. The lowest BCUT2D eigenvalue weighted by molar-refractivity contribution is -0.116. The number of benzene rings is 1. The molecule has 1 N–H and O–H groups in total. The SMILES string of the molecule is O=C1CCc2cc(C(=O)C3CCCCS3(=O)=O)ccc2N1. The molecule has 1 atom stereocenters. The van der Waals surface area contributed by atoms with E-state index in [9.17, 15) is 18.0 Å². The van der Waals surface area contributed by atoms with Crippen molar-refractivity contribution in [2.45, 2.75) is 37.4 Å². The van der Waals surface area contributed by atoms with Crippen LogP contribution in [0.4, 0.5) is 5.69 Å². The van der Waals surface area contributed by atoms with Crippen molar-refractivity contribution in [2.24, 2.45) is 0 Å². The van der Waals surface area contributed by atoms with Crippen LogP contribution < -0.4 is 5.32 Å². The highest BCUT2D eigenvalue weighted by Crippen LogP contribution is 2.27. The quantitative estimate of drug-likeness (QED) is 0.844. The summed E-state index contributed by atoms with van der Waals surface area (Å²) in [4.78, 5) is 23.8. The van der Waals surface area contributed by atoms with Gasteiger partial charge in [0.1, 0.15) is 5.25 Å². The highest BCUT2D eigenvalue weighted by atomic mass is 32.2. The molecule has 6 heteroatoms. The number of aryl methyl sites for hydroxylation is 1. The molecule has 0 aliphatic carbocycles. The van der Waals surface area contributed by atoms with Gasteiger partial charge in [-0.2, -0.15) is 0 Å². The van der Waals surface area contributed by atoms with E-state index in [1.165, 1.54) is 0 Å². The van der Waals surface area contributed by atoms with Crippen LogP contribution in [-0.4, -0.2) is 31.1 Å². The molecule has 112 valence electrons. The topological polar surface area (TPSA) is 80.3 Å². The summed E-state index contributed by atoms with van der Waals surface area (Å²) < 4.78 is 24.1. The van der Waals surface area contributed by atoms with Gasteiger partial charge in [0.25, 0.3) is 0 Å². The van der Waals surface area contributed by atoms with Crippen LogP contribution in [0.1, 0.15) is 41.6 Å². The molecule has 2 aliphatic heterocycles. The normalized spacial score (nSPS) is 24.0. The lowest BCUT2D eigenvalue weighted by atomic mass is 9.97. The molecule has 1 saturated heterocycles. The van der Waals surface area contributed by atoms with Crippen LogP contribution in [0, 0.1) is 0 Å². The number of hydrogen-bond donors (Lipinski definition) is 1. The minimum Gasteiger partial charge on any atom is -0.326 e. The van der Waals surface area contributed by atoms with Crippen LogP contribution in [0.15, 0.2) is 18.2 Å². The van der Waals surface area contributed by atoms with Crippen LogP contribution >= 0.6 is 0 Å². The van der Waals surface area contributed by atoms with Crippen molar-refractivity contribution >= 4 is 27.2 Å². The molecule has 0 bridgehead atoms. The number of hydrogen-bond acceptors (Lipinski definition) is 4. The molecule has 1 aromatic rings. The summed E-state index contributed by atoms with van der Waals surface area (Å²) in [6, 6.07) is 5.02. The second kappa shape index (κ2) is 5.26. The van der Waals surface area contributed by atoms with Gasteiger partial charge in [-0.25, -0.2) is 8.42 Å². The molecule has 0 aromatic heterocycles. The van der Waals surface area contributed by atoms with E-state index in [4.69, 9.17) is 0 Å². The largest absolute Gasteiger partial charge is 0.326 e. The van der Waals surface area contributed by atoms with Crippen molar-refractivity contribution in [3.63, 3.8) is 0 Å². The Hall–Kier alpha value is -1.69. The van der Waals surface area contributed by atoms with Crippen molar-refractivity contribution in [1.29, 1.82) is 0 Å². The van der Waals surface area contributed by atoms with Gasteiger partial charge in [-0.15, -0.1) is 0 Å². The highest BCUT2D eigenvalue weighted by Gasteiger charge is 2.35.